The minimum absolute atomic E-state index is 0.0470. The quantitative estimate of drug-likeness (QED) is 0.339. The summed E-state index contributed by atoms with van der Waals surface area (Å²) in [5.41, 5.74) is 4.81. The molecule has 3 aromatic rings. The lowest BCUT2D eigenvalue weighted by atomic mass is 9.77. The molecular weight excluding hydrogens is 509 g/mol. The van der Waals surface area contributed by atoms with Gasteiger partial charge in [-0.15, -0.1) is 0 Å². The molecule has 1 aromatic heterocycles. The molecule has 1 amide bonds. The molecule has 0 atom stereocenters. The summed E-state index contributed by atoms with van der Waals surface area (Å²) < 4.78 is 24.6. The minimum atomic E-state index is -0.760. The summed E-state index contributed by atoms with van der Waals surface area (Å²) in [4.78, 5) is 25.4. The van der Waals surface area contributed by atoms with Gasteiger partial charge in [0.2, 0.25) is 0 Å². The number of aromatic nitrogens is 2. The average Bonchev–Trinajstić information content (AvgIpc) is 3.52. The van der Waals surface area contributed by atoms with E-state index < -0.39 is 30.4 Å². The third-order valence-electron chi connectivity index (χ3n) is 8.02. The lowest BCUT2D eigenvalue weighted by molar-refractivity contribution is 0.00578. The summed E-state index contributed by atoms with van der Waals surface area (Å²) in [7, 11) is 2.22. The van der Waals surface area contributed by atoms with E-state index in [9.17, 15) is 9.59 Å². The first-order valence-electron chi connectivity index (χ1n) is 13.3. The SMILES string of the molecule is COC(=O)c1c(C=C(CNC(=O)OCC2c3ccccc3-c3ccccc32)B2OC(C)(C)C(C)(C)O2)cnn1C. The third kappa shape index (κ3) is 5.04. The molecule has 0 spiro atoms. The van der Waals surface area contributed by atoms with Gasteiger partial charge in [-0.1, -0.05) is 54.6 Å². The van der Waals surface area contributed by atoms with Gasteiger partial charge < -0.3 is 24.1 Å². The Morgan fingerprint density at radius 2 is 1.60 bits per heavy atom. The number of nitrogens with zero attached hydrogens (tertiary/aromatic N) is 2. The van der Waals surface area contributed by atoms with Crippen molar-refractivity contribution in [3.05, 3.63) is 82.6 Å². The molecule has 208 valence electrons. The van der Waals surface area contributed by atoms with Crippen LogP contribution in [0.1, 0.15) is 60.8 Å². The number of benzene rings is 2. The fourth-order valence-electron chi connectivity index (χ4n) is 5.13. The van der Waals surface area contributed by atoms with Crippen molar-refractivity contribution in [3.8, 4) is 11.1 Å². The van der Waals surface area contributed by atoms with Gasteiger partial charge in [0.15, 0.2) is 5.69 Å². The van der Waals surface area contributed by atoms with Crippen LogP contribution >= 0.6 is 0 Å². The monoisotopic (exact) mass is 543 g/mol. The van der Waals surface area contributed by atoms with Gasteiger partial charge in [-0.2, -0.15) is 5.10 Å². The summed E-state index contributed by atoms with van der Waals surface area (Å²) >= 11 is 0. The van der Waals surface area contributed by atoms with Crippen molar-refractivity contribution in [1.29, 1.82) is 0 Å². The van der Waals surface area contributed by atoms with Crippen LogP contribution in [-0.2, 0) is 25.8 Å². The normalized spacial score (nSPS) is 17.4. The topological polar surface area (TPSA) is 101 Å². The summed E-state index contributed by atoms with van der Waals surface area (Å²) in [6, 6.07) is 16.4. The van der Waals surface area contributed by atoms with Crippen molar-refractivity contribution in [1.82, 2.24) is 15.1 Å². The number of ether oxygens (including phenoxy) is 2. The molecule has 5 rings (SSSR count). The van der Waals surface area contributed by atoms with Crippen molar-refractivity contribution in [2.24, 2.45) is 7.05 Å². The fourth-order valence-corrected chi connectivity index (χ4v) is 5.13. The molecule has 1 aliphatic carbocycles. The number of alkyl carbamates (subject to hydrolysis) is 1. The molecule has 0 bridgehead atoms. The predicted molar refractivity (Wildman–Crippen MR) is 152 cm³/mol. The Balaban J connectivity index is 1.34. The van der Waals surface area contributed by atoms with Crippen LogP contribution in [0.25, 0.3) is 17.2 Å². The largest absolute Gasteiger partial charge is 0.492 e. The lowest BCUT2D eigenvalue weighted by Gasteiger charge is -2.32. The summed E-state index contributed by atoms with van der Waals surface area (Å²) in [5, 5.41) is 7.05. The molecule has 0 unspecified atom stereocenters. The Hall–Kier alpha value is -3.89. The zero-order valence-corrected chi connectivity index (χ0v) is 23.7. The second kappa shape index (κ2) is 10.6. The van der Waals surface area contributed by atoms with E-state index in [4.69, 9.17) is 18.8 Å². The molecule has 9 nitrogen and oxygen atoms in total. The van der Waals surface area contributed by atoms with Crippen LogP contribution in [0.3, 0.4) is 0 Å². The second-order valence-electron chi connectivity index (χ2n) is 11.1. The molecule has 0 saturated carbocycles. The zero-order valence-electron chi connectivity index (χ0n) is 23.7. The molecule has 1 N–H and O–H groups in total. The van der Waals surface area contributed by atoms with E-state index in [1.807, 2.05) is 52.0 Å². The molecule has 10 heteroatoms. The zero-order chi connectivity index (χ0) is 28.7. The van der Waals surface area contributed by atoms with E-state index in [0.29, 0.717) is 11.0 Å². The van der Waals surface area contributed by atoms with Gasteiger partial charge in [0.05, 0.1) is 24.5 Å². The molecule has 2 heterocycles. The van der Waals surface area contributed by atoms with Gasteiger partial charge in [-0.25, -0.2) is 9.59 Å². The number of amides is 1. The maximum absolute atomic E-state index is 12.9. The van der Waals surface area contributed by atoms with Gasteiger partial charge in [0.25, 0.3) is 0 Å². The number of fused-ring (bicyclic) bond motifs is 3. The van der Waals surface area contributed by atoms with Gasteiger partial charge in [0.1, 0.15) is 6.61 Å². The first-order chi connectivity index (χ1) is 19.0. The number of hydrogen-bond donors (Lipinski definition) is 1. The van der Waals surface area contributed by atoms with Crippen LogP contribution in [0, 0.1) is 0 Å². The minimum Gasteiger partial charge on any atom is -0.464 e. The van der Waals surface area contributed by atoms with Gasteiger partial charge in [0, 0.05) is 25.1 Å². The number of rotatable bonds is 7. The average molecular weight is 543 g/mol. The van der Waals surface area contributed by atoms with E-state index in [-0.39, 0.29) is 24.8 Å². The van der Waals surface area contributed by atoms with Crippen molar-refractivity contribution in [2.75, 3.05) is 20.3 Å². The highest BCUT2D eigenvalue weighted by molar-refractivity contribution is 6.56. The van der Waals surface area contributed by atoms with Gasteiger partial charge >= 0.3 is 19.2 Å². The highest BCUT2D eigenvalue weighted by atomic mass is 16.7. The number of nitrogens with one attached hydrogen (secondary N) is 1. The van der Waals surface area contributed by atoms with Crippen molar-refractivity contribution >= 4 is 25.3 Å². The highest BCUT2D eigenvalue weighted by Gasteiger charge is 2.52. The van der Waals surface area contributed by atoms with Gasteiger partial charge in [-0.3, -0.25) is 4.68 Å². The van der Waals surface area contributed by atoms with Gasteiger partial charge in [-0.05, 0) is 55.4 Å². The predicted octanol–water partition coefficient (Wildman–Crippen LogP) is 4.76. The maximum Gasteiger partial charge on any atom is 0.492 e. The number of methoxy groups -OCH3 is 1. The molecule has 0 radical (unpaired) electrons. The van der Waals surface area contributed by atoms with Crippen LogP contribution in [-0.4, -0.2) is 60.4 Å². The fraction of sp³-hybridized carbons (Fsp3) is 0.367. The third-order valence-corrected chi connectivity index (χ3v) is 8.02. The molecular formula is C30H34BN3O6. The van der Waals surface area contributed by atoms with Crippen molar-refractivity contribution < 1.29 is 28.4 Å². The molecule has 1 fully saturated rings. The first-order valence-corrected chi connectivity index (χ1v) is 13.3. The molecule has 40 heavy (non-hydrogen) atoms. The van der Waals surface area contributed by atoms with E-state index in [0.717, 1.165) is 22.3 Å². The number of esters is 1. The number of carbonyl (C=O) groups excluding carboxylic acids is 2. The number of hydrogen-bond acceptors (Lipinski definition) is 7. The Bertz CT molecular complexity index is 1420. The lowest BCUT2D eigenvalue weighted by Crippen LogP contribution is -2.41. The molecule has 1 aliphatic heterocycles. The summed E-state index contributed by atoms with van der Waals surface area (Å²) in [6.07, 6.45) is 2.74. The standard InChI is InChI=1S/C30H34BN3O6/c1-29(2)30(3,4)40-31(39-29)20(15-19-16-33-34(5)26(19)27(35)37-6)17-32-28(36)38-18-25-23-13-9-7-11-21(23)22-12-8-10-14-24(22)25/h7-16,25H,17-18H2,1-6H3,(H,32,36). The maximum atomic E-state index is 12.9. The van der Waals surface area contributed by atoms with Crippen LogP contribution in [0.2, 0.25) is 0 Å². The molecule has 2 aromatic carbocycles. The van der Waals surface area contributed by atoms with Crippen LogP contribution in [0.15, 0.2) is 60.2 Å². The second-order valence-corrected chi connectivity index (χ2v) is 11.1. The van der Waals surface area contributed by atoms with Crippen LogP contribution < -0.4 is 5.32 Å². The highest BCUT2D eigenvalue weighted by Crippen LogP contribution is 2.44. The van der Waals surface area contributed by atoms with Crippen molar-refractivity contribution in [3.63, 3.8) is 0 Å². The van der Waals surface area contributed by atoms with E-state index >= 15 is 0 Å². The Morgan fingerprint density at radius 1 is 1.02 bits per heavy atom. The first kappa shape index (κ1) is 27.7. The van der Waals surface area contributed by atoms with Crippen LogP contribution in [0.5, 0.6) is 0 Å². The Kier molecular flexibility index (Phi) is 7.33. The Morgan fingerprint density at radius 3 is 2.17 bits per heavy atom. The Labute approximate surface area is 234 Å². The smallest absolute Gasteiger partial charge is 0.464 e. The van der Waals surface area contributed by atoms with E-state index in [1.54, 1.807) is 19.3 Å². The summed E-state index contributed by atoms with van der Waals surface area (Å²) in [6.45, 7) is 8.08. The van der Waals surface area contributed by atoms with E-state index in [2.05, 4.69) is 34.7 Å². The summed E-state index contributed by atoms with van der Waals surface area (Å²) in [5.74, 6) is -0.571. The number of carbonyl (C=O) groups is 2. The molecule has 1 saturated heterocycles. The number of aryl methyl sites for hydroxylation is 1. The van der Waals surface area contributed by atoms with Crippen LogP contribution in [0.4, 0.5) is 4.79 Å². The molecule has 2 aliphatic rings. The van der Waals surface area contributed by atoms with Crippen molar-refractivity contribution in [2.45, 2.75) is 44.8 Å². The van der Waals surface area contributed by atoms with E-state index in [1.165, 1.54) is 11.8 Å².